The van der Waals surface area contributed by atoms with Crippen LogP contribution in [0.4, 0.5) is 14.5 Å². The lowest BCUT2D eigenvalue weighted by molar-refractivity contribution is -0.138. The molecular weight excluding hydrogens is 426 g/mol. The van der Waals surface area contributed by atoms with E-state index in [0.29, 0.717) is 27.6 Å². The average molecular weight is 443 g/mol. The fraction of sp³-hybridized carbons (Fsp3) is 0.130. The molecule has 1 heterocycles. The Labute approximate surface area is 182 Å². The quantitative estimate of drug-likeness (QED) is 0.644. The predicted molar refractivity (Wildman–Crippen MR) is 112 cm³/mol. The average Bonchev–Trinajstić information content (AvgIpc) is 2.89. The third-order valence-corrected chi connectivity index (χ3v) is 5.14. The van der Waals surface area contributed by atoms with Gasteiger partial charge in [0.05, 0.1) is 6.04 Å². The molecule has 0 unspecified atom stereocenters. The van der Waals surface area contributed by atoms with Crippen molar-refractivity contribution < 1.29 is 23.1 Å². The van der Waals surface area contributed by atoms with Gasteiger partial charge in [0.15, 0.2) is 6.61 Å². The molecule has 0 fully saturated rings. The molecule has 0 spiro atoms. The summed E-state index contributed by atoms with van der Waals surface area (Å²) in [4.78, 5) is 26.9. The summed E-state index contributed by atoms with van der Waals surface area (Å²) < 4.78 is 33.2. The third kappa shape index (κ3) is 4.67. The maximum atomic E-state index is 14.1. The van der Waals surface area contributed by atoms with Crippen LogP contribution in [0.1, 0.15) is 17.2 Å². The summed E-state index contributed by atoms with van der Waals surface area (Å²) in [5.74, 6) is -1.46. The number of fused-ring (bicyclic) bond motifs is 1. The summed E-state index contributed by atoms with van der Waals surface area (Å²) in [5, 5.41) is 3.22. The number of nitrogens with zero attached hydrogens (tertiary/aromatic N) is 1. The van der Waals surface area contributed by atoms with E-state index in [1.54, 1.807) is 24.3 Å². The van der Waals surface area contributed by atoms with Crippen LogP contribution in [-0.4, -0.2) is 29.9 Å². The molecule has 3 aromatic carbocycles. The second-order valence-corrected chi connectivity index (χ2v) is 7.43. The van der Waals surface area contributed by atoms with E-state index < -0.39 is 29.5 Å². The highest BCUT2D eigenvalue weighted by atomic mass is 35.5. The van der Waals surface area contributed by atoms with Crippen LogP contribution in [-0.2, 0) is 9.59 Å². The highest BCUT2D eigenvalue weighted by molar-refractivity contribution is 6.30. The SMILES string of the molecule is O=C1CN(C(=O)COc2ccc(Cl)cc2)[C@H](c2ccc(F)cc2)c2cc(F)ccc2N1. The van der Waals surface area contributed by atoms with Crippen LogP contribution >= 0.6 is 11.6 Å². The molecule has 0 radical (unpaired) electrons. The fourth-order valence-corrected chi connectivity index (χ4v) is 3.60. The van der Waals surface area contributed by atoms with E-state index in [1.165, 1.54) is 47.4 Å². The molecule has 0 aliphatic carbocycles. The van der Waals surface area contributed by atoms with E-state index in [0.717, 1.165) is 0 Å². The topological polar surface area (TPSA) is 58.6 Å². The summed E-state index contributed by atoms with van der Waals surface area (Å²) in [6.07, 6.45) is 0. The molecule has 0 aromatic heterocycles. The number of rotatable bonds is 4. The summed E-state index contributed by atoms with van der Waals surface area (Å²) in [6.45, 7) is -0.627. The van der Waals surface area contributed by atoms with E-state index in [1.807, 2.05) is 0 Å². The molecule has 1 aliphatic heterocycles. The number of hydrogen-bond acceptors (Lipinski definition) is 3. The molecule has 2 amide bonds. The Balaban J connectivity index is 1.70. The summed E-state index contributed by atoms with van der Waals surface area (Å²) >= 11 is 5.86. The van der Waals surface area contributed by atoms with Gasteiger partial charge in [-0.2, -0.15) is 0 Å². The van der Waals surface area contributed by atoms with Crippen LogP contribution in [0.2, 0.25) is 5.02 Å². The van der Waals surface area contributed by atoms with Crippen molar-refractivity contribution in [2.45, 2.75) is 6.04 Å². The maximum Gasteiger partial charge on any atom is 0.261 e. The number of nitrogens with one attached hydrogen (secondary N) is 1. The smallest absolute Gasteiger partial charge is 0.261 e. The van der Waals surface area contributed by atoms with Crippen molar-refractivity contribution in [3.63, 3.8) is 0 Å². The Kier molecular flexibility index (Phi) is 5.86. The Morgan fingerprint density at radius 3 is 2.42 bits per heavy atom. The van der Waals surface area contributed by atoms with Gasteiger partial charge in [0.1, 0.15) is 23.9 Å². The van der Waals surface area contributed by atoms with E-state index in [4.69, 9.17) is 16.3 Å². The van der Waals surface area contributed by atoms with E-state index in [9.17, 15) is 18.4 Å². The van der Waals surface area contributed by atoms with Gasteiger partial charge in [-0.3, -0.25) is 9.59 Å². The zero-order valence-corrected chi connectivity index (χ0v) is 16.9. The Bertz CT molecular complexity index is 1120. The Hall–Kier alpha value is -3.45. The highest BCUT2D eigenvalue weighted by Crippen LogP contribution is 2.36. The lowest BCUT2D eigenvalue weighted by Crippen LogP contribution is -2.41. The molecule has 0 bridgehead atoms. The molecule has 31 heavy (non-hydrogen) atoms. The van der Waals surface area contributed by atoms with Gasteiger partial charge in [-0.15, -0.1) is 0 Å². The normalized spacial score (nSPS) is 15.6. The van der Waals surface area contributed by atoms with Gasteiger partial charge in [0, 0.05) is 16.3 Å². The largest absolute Gasteiger partial charge is 0.484 e. The van der Waals surface area contributed by atoms with E-state index in [-0.39, 0.29) is 13.2 Å². The number of halogens is 3. The summed E-state index contributed by atoms with van der Waals surface area (Å²) in [5.41, 5.74) is 1.30. The molecular formula is C23H17ClF2N2O3. The molecule has 1 atom stereocenters. The maximum absolute atomic E-state index is 14.1. The Morgan fingerprint density at radius 2 is 1.71 bits per heavy atom. The fourth-order valence-electron chi connectivity index (χ4n) is 3.47. The first-order chi connectivity index (χ1) is 14.9. The van der Waals surface area contributed by atoms with Crippen LogP contribution in [0.3, 0.4) is 0 Å². The Morgan fingerprint density at radius 1 is 1.03 bits per heavy atom. The second-order valence-electron chi connectivity index (χ2n) is 7.00. The molecule has 0 saturated carbocycles. The highest BCUT2D eigenvalue weighted by Gasteiger charge is 2.34. The molecule has 8 heteroatoms. The summed E-state index contributed by atoms with van der Waals surface area (Å²) in [7, 11) is 0. The van der Waals surface area contributed by atoms with Gasteiger partial charge in [0.25, 0.3) is 5.91 Å². The van der Waals surface area contributed by atoms with Crippen molar-refractivity contribution in [1.29, 1.82) is 0 Å². The zero-order valence-electron chi connectivity index (χ0n) is 16.1. The van der Waals surface area contributed by atoms with Gasteiger partial charge in [-0.05, 0) is 60.2 Å². The van der Waals surface area contributed by atoms with Crippen molar-refractivity contribution in [2.75, 3.05) is 18.5 Å². The van der Waals surface area contributed by atoms with Crippen molar-refractivity contribution in [3.8, 4) is 5.75 Å². The minimum Gasteiger partial charge on any atom is -0.484 e. The number of hydrogen-bond donors (Lipinski definition) is 1. The van der Waals surface area contributed by atoms with Crippen molar-refractivity contribution in [3.05, 3.63) is 94.5 Å². The van der Waals surface area contributed by atoms with Crippen molar-refractivity contribution >= 4 is 29.1 Å². The minimum absolute atomic E-state index is 0.277. The lowest BCUT2D eigenvalue weighted by atomic mass is 9.95. The van der Waals surface area contributed by atoms with Crippen LogP contribution in [0.25, 0.3) is 0 Å². The molecule has 1 aliphatic rings. The molecule has 158 valence electrons. The lowest BCUT2D eigenvalue weighted by Gasteiger charge is -2.30. The van der Waals surface area contributed by atoms with Crippen LogP contribution in [0.5, 0.6) is 5.75 Å². The molecule has 4 rings (SSSR count). The molecule has 3 aromatic rings. The van der Waals surface area contributed by atoms with Gasteiger partial charge >= 0.3 is 0 Å². The first kappa shape index (κ1) is 20.8. The number of anilines is 1. The van der Waals surface area contributed by atoms with Crippen molar-refractivity contribution in [1.82, 2.24) is 4.90 Å². The predicted octanol–water partition coefficient (Wildman–Crippen LogP) is 4.57. The molecule has 0 saturated heterocycles. The number of amides is 2. The first-order valence-electron chi connectivity index (χ1n) is 9.43. The van der Waals surface area contributed by atoms with Gasteiger partial charge in [-0.25, -0.2) is 8.78 Å². The van der Waals surface area contributed by atoms with Gasteiger partial charge in [-0.1, -0.05) is 23.7 Å². The molecule has 5 nitrogen and oxygen atoms in total. The van der Waals surface area contributed by atoms with Gasteiger partial charge in [0.2, 0.25) is 5.91 Å². The van der Waals surface area contributed by atoms with E-state index >= 15 is 0 Å². The number of ether oxygens (including phenoxy) is 1. The van der Waals surface area contributed by atoms with Crippen LogP contribution in [0, 0.1) is 11.6 Å². The van der Waals surface area contributed by atoms with Crippen LogP contribution in [0.15, 0.2) is 66.7 Å². The number of carbonyl (C=O) groups excluding carboxylic acids is 2. The third-order valence-electron chi connectivity index (χ3n) is 4.89. The summed E-state index contributed by atoms with van der Waals surface area (Å²) in [6, 6.07) is 15.1. The number of carbonyl (C=O) groups is 2. The first-order valence-corrected chi connectivity index (χ1v) is 9.81. The number of benzene rings is 3. The van der Waals surface area contributed by atoms with E-state index in [2.05, 4.69) is 5.32 Å². The second kappa shape index (κ2) is 8.73. The monoisotopic (exact) mass is 442 g/mol. The molecule has 1 N–H and O–H groups in total. The van der Waals surface area contributed by atoms with Crippen molar-refractivity contribution in [2.24, 2.45) is 0 Å². The van der Waals surface area contributed by atoms with Gasteiger partial charge < -0.3 is 15.0 Å². The van der Waals surface area contributed by atoms with Crippen LogP contribution < -0.4 is 10.1 Å². The minimum atomic E-state index is -0.813. The standard InChI is InChI=1S/C23H17ClF2N2O3/c24-15-3-8-18(9-4-15)31-13-22(30)28-12-21(29)27-20-10-7-17(26)11-19(20)23(28)14-1-5-16(25)6-2-14/h1-11,23H,12-13H2,(H,27,29)/t23-/m1/s1. The zero-order chi connectivity index (χ0) is 22.0.